The van der Waals surface area contributed by atoms with Crippen molar-refractivity contribution in [2.45, 2.75) is 0 Å². The van der Waals surface area contributed by atoms with Gasteiger partial charge in [-0.05, 0) is 48.0 Å². The van der Waals surface area contributed by atoms with Gasteiger partial charge in [0.05, 0.1) is 4.92 Å². The van der Waals surface area contributed by atoms with Crippen molar-refractivity contribution in [3.8, 4) is 0 Å². The molecule has 0 aromatic heterocycles. The second-order valence-corrected chi connectivity index (χ2v) is 5.11. The van der Waals surface area contributed by atoms with Crippen molar-refractivity contribution in [3.05, 3.63) is 70.3 Å². The van der Waals surface area contributed by atoms with Crippen molar-refractivity contribution >= 4 is 29.0 Å². The van der Waals surface area contributed by atoms with Crippen LogP contribution in [0.25, 0.3) is 6.08 Å². The van der Waals surface area contributed by atoms with Crippen LogP contribution in [0.4, 0.5) is 17.1 Å². The molecule has 0 saturated heterocycles. The number of nitro groups is 1. The molecule has 0 aliphatic heterocycles. The molecule has 6 heteroatoms. The van der Waals surface area contributed by atoms with Gasteiger partial charge in [0.15, 0.2) is 0 Å². The Hall–Kier alpha value is -3.15. The number of hydrogen-bond acceptors (Lipinski definition) is 4. The summed E-state index contributed by atoms with van der Waals surface area (Å²) in [6, 6.07) is 13.5. The third-order valence-electron chi connectivity index (χ3n) is 3.18. The second kappa shape index (κ2) is 7.22. The van der Waals surface area contributed by atoms with Crippen LogP contribution in [0.2, 0.25) is 0 Å². The van der Waals surface area contributed by atoms with E-state index in [0.717, 1.165) is 5.69 Å². The number of rotatable bonds is 5. The summed E-state index contributed by atoms with van der Waals surface area (Å²) in [4.78, 5) is 23.9. The van der Waals surface area contributed by atoms with Crippen molar-refractivity contribution in [2.24, 2.45) is 0 Å². The third-order valence-corrected chi connectivity index (χ3v) is 3.18. The summed E-state index contributed by atoms with van der Waals surface area (Å²) in [5, 5.41) is 13.3. The van der Waals surface area contributed by atoms with E-state index in [1.807, 2.05) is 43.3 Å². The lowest BCUT2D eigenvalue weighted by Gasteiger charge is -2.12. The Balaban J connectivity index is 1.97. The van der Waals surface area contributed by atoms with Gasteiger partial charge in [-0.2, -0.15) is 0 Å². The average molecular weight is 311 g/mol. The van der Waals surface area contributed by atoms with Crippen LogP contribution in [0.3, 0.4) is 0 Å². The summed E-state index contributed by atoms with van der Waals surface area (Å²) in [5.41, 5.74) is 2.49. The van der Waals surface area contributed by atoms with Crippen LogP contribution in [-0.2, 0) is 4.79 Å². The number of nitro benzene ring substituents is 1. The van der Waals surface area contributed by atoms with Crippen molar-refractivity contribution in [2.75, 3.05) is 24.3 Å². The maximum Gasteiger partial charge on any atom is 0.269 e. The van der Waals surface area contributed by atoms with Crippen LogP contribution in [0, 0.1) is 10.1 Å². The average Bonchev–Trinajstić information content (AvgIpc) is 2.54. The molecule has 0 aliphatic rings. The van der Waals surface area contributed by atoms with Crippen LogP contribution in [-0.4, -0.2) is 24.9 Å². The lowest BCUT2D eigenvalue weighted by molar-refractivity contribution is -0.384. The van der Waals surface area contributed by atoms with E-state index in [9.17, 15) is 14.9 Å². The summed E-state index contributed by atoms with van der Waals surface area (Å²) in [5.74, 6) is -0.263. The molecule has 0 bridgehead atoms. The van der Waals surface area contributed by atoms with Gasteiger partial charge < -0.3 is 10.2 Å². The van der Waals surface area contributed by atoms with E-state index in [4.69, 9.17) is 0 Å². The van der Waals surface area contributed by atoms with Gasteiger partial charge in [0, 0.05) is 43.7 Å². The van der Waals surface area contributed by atoms with E-state index >= 15 is 0 Å². The molecule has 0 heterocycles. The van der Waals surface area contributed by atoms with E-state index < -0.39 is 4.92 Å². The topological polar surface area (TPSA) is 75.5 Å². The summed E-state index contributed by atoms with van der Waals surface area (Å²) >= 11 is 0. The molecule has 0 fully saturated rings. The molecule has 0 atom stereocenters. The quantitative estimate of drug-likeness (QED) is 0.522. The number of benzene rings is 2. The molecule has 2 aromatic rings. The smallest absolute Gasteiger partial charge is 0.269 e. The molecule has 0 spiro atoms. The first-order chi connectivity index (χ1) is 11.0. The second-order valence-electron chi connectivity index (χ2n) is 5.11. The number of non-ortho nitro benzene ring substituents is 1. The van der Waals surface area contributed by atoms with Crippen LogP contribution in [0.15, 0.2) is 54.6 Å². The molecular formula is C17H17N3O3. The maximum atomic E-state index is 11.9. The van der Waals surface area contributed by atoms with Gasteiger partial charge in [0.2, 0.25) is 5.91 Å². The van der Waals surface area contributed by atoms with Gasteiger partial charge in [-0.25, -0.2) is 0 Å². The maximum absolute atomic E-state index is 11.9. The first-order valence-corrected chi connectivity index (χ1v) is 6.96. The van der Waals surface area contributed by atoms with Gasteiger partial charge in [0.25, 0.3) is 5.69 Å². The van der Waals surface area contributed by atoms with Gasteiger partial charge in [-0.15, -0.1) is 0 Å². The van der Waals surface area contributed by atoms with E-state index in [2.05, 4.69) is 5.32 Å². The molecule has 1 N–H and O–H groups in total. The predicted molar refractivity (Wildman–Crippen MR) is 91.5 cm³/mol. The SMILES string of the molecule is CN(C)c1ccc(NC(=O)/C=C/c2ccc([N+](=O)[O-])cc2)cc1. The van der Waals surface area contributed by atoms with Crippen molar-refractivity contribution in [3.63, 3.8) is 0 Å². The molecule has 0 unspecified atom stereocenters. The molecule has 0 aliphatic carbocycles. The fraction of sp³-hybridized carbons (Fsp3) is 0.118. The Labute approximate surface area is 134 Å². The van der Waals surface area contributed by atoms with Gasteiger partial charge in [-0.3, -0.25) is 14.9 Å². The van der Waals surface area contributed by atoms with Crippen LogP contribution in [0.5, 0.6) is 0 Å². The molecule has 6 nitrogen and oxygen atoms in total. The lowest BCUT2D eigenvalue weighted by Crippen LogP contribution is -2.10. The van der Waals surface area contributed by atoms with Crippen molar-refractivity contribution in [1.82, 2.24) is 0 Å². The highest BCUT2D eigenvalue weighted by Crippen LogP contribution is 2.16. The highest BCUT2D eigenvalue weighted by Gasteiger charge is 2.03. The van der Waals surface area contributed by atoms with Gasteiger partial charge in [0.1, 0.15) is 0 Å². The fourth-order valence-electron chi connectivity index (χ4n) is 1.91. The Bertz CT molecular complexity index is 720. The minimum Gasteiger partial charge on any atom is -0.378 e. The number of hydrogen-bond donors (Lipinski definition) is 1. The molecular weight excluding hydrogens is 294 g/mol. The summed E-state index contributed by atoms with van der Waals surface area (Å²) in [6.45, 7) is 0. The van der Waals surface area contributed by atoms with Crippen LogP contribution in [0.1, 0.15) is 5.56 Å². The van der Waals surface area contributed by atoms with Crippen molar-refractivity contribution < 1.29 is 9.72 Å². The first kappa shape index (κ1) is 16.2. The molecule has 2 aromatic carbocycles. The van der Waals surface area contributed by atoms with E-state index in [-0.39, 0.29) is 11.6 Å². The monoisotopic (exact) mass is 311 g/mol. The number of nitrogens with one attached hydrogen (secondary N) is 1. The number of anilines is 2. The third kappa shape index (κ3) is 4.67. The molecule has 1 amide bonds. The Morgan fingerprint density at radius 2 is 1.70 bits per heavy atom. The summed E-state index contributed by atoms with van der Waals surface area (Å²) in [7, 11) is 3.89. The normalized spacial score (nSPS) is 10.5. The number of carbonyl (C=O) groups excluding carboxylic acids is 1. The number of nitrogens with zero attached hydrogens (tertiary/aromatic N) is 2. The summed E-state index contributed by atoms with van der Waals surface area (Å²) < 4.78 is 0. The van der Waals surface area contributed by atoms with E-state index in [1.54, 1.807) is 18.2 Å². The minimum atomic E-state index is -0.461. The number of carbonyl (C=O) groups is 1. The van der Waals surface area contributed by atoms with Crippen molar-refractivity contribution in [1.29, 1.82) is 0 Å². The van der Waals surface area contributed by atoms with E-state index in [0.29, 0.717) is 11.3 Å². The van der Waals surface area contributed by atoms with Crippen LogP contribution >= 0.6 is 0 Å². The lowest BCUT2D eigenvalue weighted by atomic mass is 10.2. The zero-order valence-electron chi connectivity index (χ0n) is 12.9. The molecule has 23 heavy (non-hydrogen) atoms. The first-order valence-electron chi connectivity index (χ1n) is 6.96. The largest absolute Gasteiger partial charge is 0.378 e. The number of amides is 1. The molecule has 0 saturated carbocycles. The Morgan fingerprint density at radius 1 is 1.09 bits per heavy atom. The molecule has 2 rings (SSSR count). The van der Waals surface area contributed by atoms with Gasteiger partial charge in [-0.1, -0.05) is 0 Å². The zero-order valence-corrected chi connectivity index (χ0v) is 12.9. The highest BCUT2D eigenvalue weighted by atomic mass is 16.6. The Kier molecular flexibility index (Phi) is 5.09. The minimum absolute atomic E-state index is 0.0209. The predicted octanol–water partition coefficient (Wildman–Crippen LogP) is 3.31. The highest BCUT2D eigenvalue weighted by molar-refractivity contribution is 6.02. The molecule has 118 valence electrons. The van der Waals surface area contributed by atoms with Crippen LogP contribution < -0.4 is 10.2 Å². The van der Waals surface area contributed by atoms with E-state index in [1.165, 1.54) is 18.2 Å². The zero-order chi connectivity index (χ0) is 16.8. The Morgan fingerprint density at radius 3 is 2.22 bits per heavy atom. The molecule has 0 radical (unpaired) electrons. The summed E-state index contributed by atoms with van der Waals surface area (Å²) in [6.07, 6.45) is 2.99. The standard InChI is InChI=1S/C17H17N3O3/c1-19(2)15-10-6-14(7-11-15)18-17(21)12-5-13-3-8-16(9-4-13)20(22)23/h3-12H,1-2H3,(H,18,21)/b12-5+. The fourth-order valence-corrected chi connectivity index (χ4v) is 1.91. The van der Waals surface area contributed by atoms with Gasteiger partial charge >= 0.3 is 0 Å².